The molecule has 2 heteroatoms. The first-order valence-corrected chi connectivity index (χ1v) is 5.90. The van der Waals surface area contributed by atoms with Gasteiger partial charge in [-0.1, -0.05) is 19.9 Å². The lowest BCUT2D eigenvalue weighted by atomic mass is 10.1. The third kappa shape index (κ3) is 5.54. The van der Waals surface area contributed by atoms with E-state index in [0.29, 0.717) is 6.42 Å². The fraction of sp³-hybridized carbons (Fsp3) is 0.500. The van der Waals surface area contributed by atoms with Gasteiger partial charge in [0.2, 0.25) is 0 Å². The number of hydrogen-bond donors (Lipinski definition) is 1. The Kier molecular flexibility index (Phi) is 7.27. The Morgan fingerprint density at radius 3 is 2.31 bits per heavy atom. The van der Waals surface area contributed by atoms with E-state index in [1.54, 1.807) is 6.92 Å². The quantitative estimate of drug-likeness (QED) is 0.839. The predicted octanol–water partition coefficient (Wildman–Crippen LogP) is 3.72. The maximum atomic E-state index is 10.7. The van der Waals surface area contributed by atoms with Crippen molar-refractivity contribution < 1.29 is 4.79 Å². The average Bonchev–Trinajstić information content (AvgIpc) is 2.26. The fourth-order valence-corrected chi connectivity index (χ4v) is 1.23. The molecule has 0 saturated heterocycles. The number of ketones is 1. The van der Waals surface area contributed by atoms with E-state index in [2.05, 4.69) is 31.3 Å². The van der Waals surface area contributed by atoms with Crippen LogP contribution >= 0.6 is 0 Å². The van der Waals surface area contributed by atoms with Crippen LogP contribution in [0.1, 0.15) is 38.3 Å². The fourth-order valence-electron chi connectivity index (χ4n) is 1.23. The molecule has 90 valence electrons. The summed E-state index contributed by atoms with van der Waals surface area (Å²) in [5.74, 6) is 0.223. The highest BCUT2D eigenvalue weighted by molar-refractivity contribution is 5.76. The van der Waals surface area contributed by atoms with Crippen molar-refractivity contribution in [2.75, 3.05) is 11.9 Å². The molecule has 0 aromatic heterocycles. The van der Waals surface area contributed by atoms with Crippen LogP contribution in [0.5, 0.6) is 0 Å². The number of benzene rings is 1. The van der Waals surface area contributed by atoms with Crippen LogP contribution in [0, 0.1) is 13.8 Å². The number of anilines is 1. The Bertz CT molecular complexity index is 332. The standard InChI is InChI=1S/C12H17NO.C2H6/c1-9-4-5-12(8-10(9)2)13-7-6-11(3)14;1-2/h4-5,8,13H,6-7H2,1-3H3;1-2H3. The summed E-state index contributed by atoms with van der Waals surface area (Å²) in [5.41, 5.74) is 3.66. The van der Waals surface area contributed by atoms with Crippen molar-refractivity contribution in [3.63, 3.8) is 0 Å². The van der Waals surface area contributed by atoms with E-state index < -0.39 is 0 Å². The van der Waals surface area contributed by atoms with Crippen molar-refractivity contribution in [3.8, 4) is 0 Å². The number of aryl methyl sites for hydroxylation is 2. The van der Waals surface area contributed by atoms with Gasteiger partial charge in [0.25, 0.3) is 0 Å². The molecule has 1 N–H and O–H groups in total. The van der Waals surface area contributed by atoms with Crippen molar-refractivity contribution in [2.45, 2.75) is 41.0 Å². The molecular weight excluding hydrogens is 198 g/mol. The van der Waals surface area contributed by atoms with Crippen LogP contribution in [0.25, 0.3) is 0 Å². The average molecular weight is 221 g/mol. The van der Waals surface area contributed by atoms with E-state index in [-0.39, 0.29) is 5.78 Å². The molecule has 0 bridgehead atoms. The number of rotatable bonds is 4. The summed E-state index contributed by atoms with van der Waals surface area (Å²) in [6.45, 7) is 10.5. The van der Waals surface area contributed by atoms with Crippen LogP contribution in [0.2, 0.25) is 0 Å². The first kappa shape index (κ1) is 14.7. The molecule has 16 heavy (non-hydrogen) atoms. The highest BCUT2D eigenvalue weighted by Crippen LogP contribution is 2.13. The lowest BCUT2D eigenvalue weighted by Gasteiger charge is -2.07. The van der Waals surface area contributed by atoms with Crippen molar-refractivity contribution in [2.24, 2.45) is 0 Å². The summed E-state index contributed by atoms with van der Waals surface area (Å²) in [6.07, 6.45) is 0.590. The second-order valence-corrected chi connectivity index (χ2v) is 3.68. The summed E-state index contributed by atoms with van der Waals surface area (Å²) in [6, 6.07) is 6.24. The predicted molar refractivity (Wildman–Crippen MR) is 71.1 cm³/mol. The van der Waals surface area contributed by atoms with E-state index in [0.717, 1.165) is 12.2 Å². The Morgan fingerprint density at radius 1 is 1.19 bits per heavy atom. The van der Waals surface area contributed by atoms with E-state index in [4.69, 9.17) is 0 Å². The van der Waals surface area contributed by atoms with Gasteiger partial charge >= 0.3 is 0 Å². The minimum absolute atomic E-state index is 0.223. The first-order chi connectivity index (χ1) is 7.59. The van der Waals surface area contributed by atoms with E-state index in [9.17, 15) is 4.79 Å². The van der Waals surface area contributed by atoms with Crippen LogP contribution in [0.4, 0.5) is 5.69 Å². The molecule has 0 unspecified atom stereocenters. The van der Waals surface area contributed by atoms with Gasteiger partial charge in [-0.3, -0.25) is 4.79 Å². The van der Waals surface area contributed by atoms with Crippen LogP contribution in [-0.2, 0) is 4.79 Å². The molecule has 0 amide bonds. The Balaban J connectivity index is 0.00000106. The molecule has 0 heterocycles. The van der Waals surface area contributed by atoms with Crippen molar-refractivity contribution >= 4 is 11.5 Å². The van der Waals surface area contributed by atoms with Gasteiger partial charge in [-0.25, -0.2) is 0 Å². The van der Waals surface area contributed by atoms with Gasteiger partial charge in [-0.15, -0.1) is 0 Å². The maximum absolute atomic E-state index is 10.7. The lowest BCUT2D eigenvalue weighted by molar-refractivity contribution is -0.116. The lowest BCUT2D eigenvalue weighted by Crippen LogP contribution is -2.05. The molecule has 2 nitrogen and oxygen atoms in total. The van der Waals surface area contributed by atoms with Crippen LogP contribution < -0.4 is 5.32 Å². The smallest absolute Gasteiger partial charge is 0.131 e. The zero-order valence-corrected chi connectivity index (χ0v) is 11.1. The highest BCUT2D eigenvalue weighted by atomic mass is 16.1. The Morgan fingerprint density at radius 2 is 1.81 bits per heavy atom. The number of carbonyl (C=O) groups is 1. The normalized spacial score (nSPS) is 9.06. The topological polar surface area (TPSA) is 29.1 Å². The number of hydrogen-bond acceptors (Lipinski definition) is 2. The summed E-state index contributed by atoms with van der Waals surface area (Å²) >= 11 is 0. The maximum Gasteiger partial charge on any atom is 0.131 e. The summed E-state index contributed by atoms with van der Waals surface area (Å²) < 4.78 is 0. The van der Waals surface area contributed by atoms with Crippen LogP contribution in [0.3, 0.4) is 0 Å². The van der Waals surface area contributed by atoms with Gasteiger partial charge in [0.05, 0.1) is 0 Å². The molecule has 1 aromatic rings. The molecule has 0 radical (unpaired) electrons. The van der Waals surface area contributed by atoms with Gasteiger partial charge in [0.15, 0.2) is 0 Å². The molecule has 0 fully saturated rings. The zero-order chi connectivity index (χ0) is 12.6. The van der Waals surface area contributed by atoms with E-state index >= 15 is 0 Å². The number of carbonyl (C=O) groups excluding carboxylic acids is 1. The zero-order valence-electron chi connectivity index (χ0n) is 11.1. The SMILES string of the molecule is CC.CC(=O)CCNc1ccc(C)c(C)c1. The second kappa shape index (κ2) is 7.91. The van der Waals surface area contributed by atoms with Gasteiger partial charge in [-0.2, -0.15) is 0 Å². The third-order valence-corrected chi connectivity index (χ3v) is 2.31. The largest absolute Gasteiger partial charge is 0.385 e. The molecule has 0 atom stereocenters. The molecule has 0 spiro atoms. The van der Waals surface area contributed by atoms with Crippen molar-refractivity contribution in [1.29, 1.82) is 0 Å². The minimum atomic E-state index is 0.223. The van der Waals surface area contributed by atoms with Gasteiger partial charge in [0, 0.05) is 18.7 Å². The molecular formula is C14H23NO. The molecule has 0 aliphatic rings. The monoisotopic (exact) mass is 221 g/mol. The summed E-state index contributed by atoms with van der Waals surface area (Å²) in [4.78, 5) is 10.7. The third-order valence-electron chi connectivity index (χ3n) is 2.31. The Hall–Kier alpha value is -1.31. The summed E-state index contributed by atoms with van der Waals surface area (Å²) in [5, 5.41) is 3.22. The molecule has 0 aliphatic heterocycles. The molecule has 0 aliphatic carbocycles. The van der Waals surface area contributed by atoms with Gasteiger partial charge in [-0.05, 0) is 44.0 Å². The molecule has 1 rings (SSSR count). The second-order valence-electron chi connectivity index (χ2n) is 3.68. The van der Waals surface area contributed by atoms with Crippen LogP contribution in [-0.4, -0.2) is 12.3 Å². The first-order valence-electron chi connectivity index (χ1n) is 5.90. The number of Topliss-reactive ketones (excluding diaryl/α,β-unsaturated/α-hetero) is 1. The number of nitrogens with one attached hydrogen (secondary N) is 1. The molecule has 0 saturated carbocycles. The Labute approximate surface area is 99.1 Å². The summed E-state index contributed by atoms with van der Waals surface area (Å²) in [7, 11) is 0. The van der Waals surface area contributed by atoms with Crippen molar-refractivity contribution in [1.82, 2.24) is 0 Å². The van der Waals surface area contributed by atoms with E-state index in [1.807, 2.05) is 19.9 Å². The van der Waals surface area contributed by atoms with Crippen molar-refractivity contribution in [3.05, 3.63) is 29.3 Å². The van der Waals surface area contributed by atoms with Gasteiger partial charge < -0.3 is 5.32 Å². The molecule has 1 aromatic carbocycles. The van der Waals surface area contributed by atoms with Gasteiger partial charge in [0.1, 0.15) is 5.78 Å². The highest BCUT2D eigenvalue weighted by Gasteiger charge is 1.96. The van der Waals surface area contributed by atoms with E-state index in [1.165, 1.54) is 11.1 Å². The van der Waals surface area contributed by atoms with Crippen LogP contribution in [0.15, 0.2) is 18.2 Å². The minimum Gasteiger partial charge on any atom is -0.385 e.